The molecule has 0 aliphatic heterocycles. The molecule has 0 saturated heterocycles. The first-order valence-corrected chi connectivity index (χ1v) is 9.92. The van der Waals surface area contributed by atoms with Crippen molar-refractivity contribution in [3.05, 3.63) is 53.6 Å². The van der Waals surface area contributed by atoms with Crippen LogP contribution in [0.1, 0.15) is 29.8 Å². The molecule has 2 rings (SSSR count). The molecule has 0 bridgehead atoms. The van der Waals surface area contributed by atoms with Crippen molar-refractivity contribution in [3.63, 3.8) is 0 Å². The van der Waals surface area contributed by atoms with Crippen LogP contribution in [0.25, 0.3) is 0 Å². The number of anilines is 1. The van der Waals surface area contributed by atoms with Gasteiger partial charge in [0.25, 0.3) is 5.91 Å². The lowest BCUT2D eigenvalue weighted by Crippen LogP contribution is -2.30. The first-order chi connectivity index (χ1) is 14.3. The molecule has 2 aromatic carbocycles. The minimum Gasteiger partial charge on any atom is -0.490 e. The van der Waals surface area contributed by atoms with Crippen LogP contribution >= 0.6 is 0 Å². The van der Waals surface area contributed by atoms with Crippen molar-refractivity contribution in [2.45, 2.75) is 20.4 Å². The maximum absolute atomic E-state index is 12.4. The fourth-order valence-electron chi connectivity index (χ4n) is 2.76. The molecule has 1 amide bonds. The predicted octanol–water partition coefficient (Wildman–Crippen LogP) is 3.37. The standard InChI is InChI=1S/C23H30N2O5/c1-6-28-20-13-10-18(14-21(20)29-7-2)23(27)30-16-22(26)25(5)15-17-8-11-19(12-9-17)24(3)4/h8-14H,6-7,15-16H2,1-5H3. The monoisotopic (exact) mass is 414 g/mol. The highest BCUT2D eigenvalue weighted by atomic mass is 16.5. The average Bonchev–Trinajstić information content (AvgIpc) is 2.73. The Hall–Kier alpha value is -3.22. The number of esters is 1. The van der Waals surface area contributed by atoms with E-state index in [1.165, 1.54) is 4.90 Å². The minimum absolute atomic E-state index is 0.281. The third-order valence-electron chi connectivity index (χ3n) is 4.40. The van der Waals surface area contributed by atoms with E-state index in [-0.39, 0.29) is 12.5 Å². The summed E-state index contributed by atoms with van der Waals surface area (Å²) in [5.41, 5.74) is 2.38. The zero-order valence-corrected chi connectivity index (χ0v) is 18.3. The fraction of sp³-hybridized carbons (Fsp3) is 0.391. The number of carbonyl (C=O) groups is 2. The van der Waals surface area contributed by atoms with Crippen LogP contribution in [0.3, 0.4) is 0 Å². The summed E-state index contributed by atoms with van der Waals surface area (Å²) in [6.07, 6.45) is 0. The van der Waals surface area contributed by atoms with Gasteiger partial charge in [0.2, 0.25) is 0 Å². The van der Waals surface area contributed by atoms with Crippen molar-refractivity contribution < 1.29 is 23.8 Å². The zero-order chi connectivity index (χ0) is 22.1. The maximum Gasteiger partial charge on any atom is 0.338 e. The van der Waals surface area contributed by atoms with E-state index in [4.69, 9.17) is 14.2 Å². The maximum atomic E-state index is 12.4. The van der Waals surface area contributed by atoms with Gasteiger partial charge in [0.1, 0.15) is 0 Å². The van der Waals surface area contributed by atoms with Crippen molar-refractivity contribution >= 4 is 17.6 Å². The largest absolute Gasteiger partial charge is 0.490 e. The second kappa shape index (κ2) is 11.1. The number of rotatable bonds is 10. The van der Waals surface area contributed by atoms with Crippen LogP contribution in [0, 0.1) is 0 Å². The lowest BCUT2D eigenvalue weighted by molar-refractivity contribution is -0.133. The Labute approximate surface area is 178 Å². The summed E-state index contributed by atoms with van der Waals surface area (Å²) in [5.74, 6) is 0.164. The SMILES string of the molecule is CCOc1ccc(C(=O)OCC(=O)N(C)Cc2ccc(N(C)C)cc2)cc1OCC. The van der Waals surface area contributed by atoms with Crippen molar-refractivity contribution in [2.75, 3.05) is 45.9 Å². The molecule has 0 radical (unpaired) electrons. The van der Waals surface area contributed by atoms with Gasteiger partial charge in [-0.15, -0.1) is 0 Å². The van der Waals surface area contributed by atoms with E-state index in [1.807, 2.05) is 57.1 Å². The Morgan fingerprint density at radius 3 is 2.10 bits per heavy atom. The van der Waals surface area contributed by atoms with Crippen molar-refractivity contribution in [3.8, 4) is 11.5 Å². The van der Waals surface area contributed by atoms with E-state index in [0.29, 0.717) is 36.8 Å². The molecule has 7 heteroatoms. The number of likely N-dealkylation sites (N-methyl/N-ethyl adjacent to an activating group) is 1. The quantitative estimate of drug-likeness (QED) is 0.556. The lowest BCUT2D eigenvalue weighted by atomic mass is 10.2. The van der Waals surface area contributed by atoms with Crippen LogP contribution in [0.4, 0.5) is 5.69 Å². The van der Waals surface area contributed by atoms with Crippen molar-refractivity contribution in [1.29, 1.82) is 0 Å². The number of ether oxygens (including phenoxy) is 3. The van der Waals surface area contributed by atoms with Crippen LogP contribution in [0.5, 0.6) is 11.5 Å². The van der Waals surface area contributed by atoms with E-state index in [0.717, 1.165) is 11.3 Å². The number of carbonyl (C=O) groups excluding carboxylic acids is 2. The van der Waals surface area contributed by atoms with Crippen LogP contribution < -0.4 is 14.4 Å². The molecular formula is C23H30N2O5. The summed E-state index contributed by atoms with van der Waals surface area (Å²) in [5, 5.41) is 0. The second-order valence-corrected chi connectivity index (χ2v) is 6.91. The number of amides is 1. The topological polar surface area (TPSA) is 68.3 Å². The van der Waals surface area contributed by atoms with Crippen LogP contribution in [-0.2, 0) is 16.1 Å². The van der Waals surface area contributed by atoms with Crippen molar-refractivity contribution in [1.82, 2.24) is 4.90 Å². The summed E-state index contributed by atoms with van der Waals surface area (Å²) >= 11 is 0. The van der Waals surface area contributed by atoms with E-state index < -0.39 is 5.97 Å². The van der Waals surface area contributed by atoms with Gasteiger partial charge in [-0.3, -0.25) is 4.79 Å². The van der Waals surface area contributed by atoms with E-state index in [2.05, 4.69) is 0 Å². The molecule has 0 atom stereocenters. The lowest BCUT2D eigenvalue weighted by Gasteiger charge is -2.18. The molecule has 7 nitrogen and oxygen atoms in total. The number of nitrogens with zero attached hydrogens (tertiary/aromatic N) is 2. The summed E-state index contributed by atoms with van der Waals surface area (Å²) in [6, 6.07) is 12.8. The molecule has 0 N–H and O–H groups in total. The van der Waals surface area contributed by atoms with Gasteiger partial charge in [-0.2, -0.15) is 0 Å². The summed E-state index contributed by atoms with van der Waals surface area (Å²) in [4.78, 5) is 28.3. The molecule has 0 unspecified atom stereocenters. The Morgan fingerprint density at radius 1 is 0.867 bits per heavy atom. The molecule has 2 aromatic rings. The Kier molecular flexibility index (Phi) is 8.53. The molecule has 0 aliphatic rings. The van der Waals surface area contributed by atoms with Crippen LogP contribution in [0.2, 0.25) is 0 Å². The summed E-state index contributed by atoms with van der Waals surface area (Å²) in [6.45, 7) is 4.75. The summed E-state index contributed by atoms with van der Waals surface area (Å²) < 4.78 is 16.2. The number of benzene rings is 2. The first-order valence-electron chi connectivity index (χ1n) is 9.92. The van der Waals surface area contributed by atoms with Gasteiger partial charge in [-0.25, -0.2) is 4.79 Å². The molecule has 0 saturated carbocycles. The van der Waals surface area contributed by atoms with E-state index in [9.17, 15) is 9.59 Å². The third kappa shape index (κ3) is 6.40. The van der Waals surface area contributed by atoms with Crippen molar-refractivity contribution in [2.24, 2.45) is 0 Å². The first kappa shape index (κ1) is 23.1. The highest BCUT2D eigenvalue weighted by Crippen LogP contribution is 2.28. The van der Waals surface area contributed by atoms with Gasteiger partial charge in [0.05, 0.1) is 18.8 Å². The fourth-order valence-corrected chi connectivity index (χ4v) is 2.76. The minimum atomic E-state index is -0.587. The predicted molar refractivity (Wildman–Crippen MR) is 116 cm³/mol. The van der Waals surface area contributed by atoms with E-state index >= 15 is 0 Å². The molecule has 0 fully saturated rings. The summed E-state index contributed by atoms with van der Waals surface area (Å²) in [7, 11) is 5.63. The van der Waals surface area contributed by atoms with Crippen LogP contribution in [-0.4, -0.2) is 57.7 Å². The van der Waals surface area contributed by atoms with Gasteiger partial charge >= 0.3 is 5.97 Å². The number of hydrogen-bond acceptors (Lipinski definition) is 6. The van der Waals surface area contributed by atoms with Gasteiger partial charge in [0.15, 0.2) is 18.1 Å². The van der Waals surface area contributed by atoms with Gasteiger partial charge in [-0.05, 0) is 49.7 Å². The number of hydrogen-bond donors (Lipinski definition) is 0. The molecule has 30 heavy (non-hydrogen) atoms. The highest BCUT2D eigenvalue weighted by molar-refractivity contribution is 5.92. The Bertz CT molecular complexity index is 849. The molecular weight excluding hydrogens is 384 g/mol. The van der Waals surface area contributed by atoms with Gasteiger partial charge < -0.3 is 24.0 Å². The molecule has 162 valence electrons. The van der Waals surface area contributed by atoms with Crippen LogP contribution in [0.15, 0.2) is 42.5 Å². The molecule has 0 spiro atoms. The second-order valence-electron chi connectivity index (χ2n) is 6.91. The zero-order valence-electron chi connectivity index (χ0n) is 18.3. The smallest absolute Gasteiger partial charge is 0.338 e. The molecule has 0 aliphatic carbocycles. The Morgan fingerprint density at radius 2 is 1.50 bits per heavy atom. The third-order valence-corrected chi connectivity index (χ3v) is 4.40. The highest BCUT2D eigenvalue weighted by Gasteiger charge is 2.16. The molecule has 0 heterocycles. The van der Waals surface area contributed by atoms with Gasteiger partial charge in [0, 0.05) is 33.4 Å². The Balaban J connectivity index is 1.93. The molecule has 0 aromatic heterocycles. The normalized spacial score (nSPS) is 10.3. The average molecular weight is 415 g/mol. The van der Waals surface area contributed by atoms with Gasteiger partial charge in [-0.1, -0.05) is 12.1 Å². The van der Waals surface area contributed by atoms with E-state index in [1.54, 1.807) is 25.2 Å².